The van der Waals surface area contributed by atoms with Crippen molar-refractivity contribution in [1.82, 2.24) is 14.3 Å². The molecule has 1 aromatic carbocycles. The third-order valence-electron chi connectivity index (χ3n) is 4.50. The van der Waals surface area contributed by atoms with E-state index in [1.807, 2.05) is 0 Å². The molecule has 0 aliphatic heterocycles. The van der Waals surface area contributed by atoms with Crippen molar-refractivity contribution in [2.45, 2.75) is 39.4 Å². The highest BCUT2D eigenvalue weighted by Crippen LogP contribution is 2.31. The second-order valence-electron chi connectivity index (χ2n) is 8.18. The molecule has 0 saturated carbocycles. The third-order valence-corrected chi connectivity index (χ3v) is 5.35. The highest BCUT2D eigenvalue weighted by atomic mass is 32.1. The molecule has 0 aliphatic carbocycles. The number of nitrogens with zero attached hydrogens (tertiary/aromatic N) is 4. The Morgan fingerprint density at radius 3 is 2.38 bits per heavy atom. The van der Waals surface area contributed by atoms with Crippen LogP contribution in [-0.4, -0.2) is 37.0 Å². The Morgan fingerprint density at radius 2 is 1.82 bits per heavy atom. The van der Waals surface area contributed by atoms with Crippen LogP contribution in [0.2, 0.25) is 0 Å². The van der Waals surface area contributed by atoms with E-state index in [1.54, 1.807) is 45.9 Å². The topological polar surface area (TPSA) is 120 Å². The normalized spacial score (nSPS) is 11.7. The first-order valence-electron chi connectivity index (χ1n) is 9.84. The summed E-state index contributed by atoms with van der Waals surface area (Å²) in [6, 6.07) is 6.36. The number of halogens is 3. The molecule has 0 unspecified atom stereocenters. The molecule has 2 aromatic heterocycles. The van der Waals surface area contributed by atoms with E-state index in [2.05, 4.69) is 25.0 Å². The summed E-state index contributed by atoms with van der Waals surface area (Å²) in [5.41, 5.74) is -0.574. The van der Waals surface area contributed by atoms with E-state index >= 15 is 0 Å². The molecule has 0 fully saturated rings. The van der Waals surface area contributed by atoms with E-state index < -0.39 is 29.4 Å². The van der Waals surface area contributed by atoms with Gasteiger partial charge in [-0.3, -0.25) is 9.69 Å². The van der Waals surface area contributed by atoms with Crippen LogP contribution in [0, 0.1) is 6.92 Å². The van der Waals surface area contributed by atoms with Gasteiger partial charge in [0.15, 0.2) is 5.69 Å². The average Bonchev–Trinajstić information content (AvgIpc) is 3.06. The van der Waals surface area contributed by atoms with Crippen LogP contribution in [0.4, 0.5) is 40.2 Å². The van der Waals surface area contributed by atoms with Gasteiger partial charge in [-0.25, -0.2) is 14.8 Å². The number of hydrogen-bond donors (Lipinski definition) is 3. The van der Waals surface area contributed by atoms with E-state index in [-0.39, 0.29) is 16.4 Å². The average molecular weight is 494 g/mol. The van der Waals surface area contributed by atoms with Crippen LogP contribution in [-0.2, 0) is 6.18 Å². The summed E-state index contributed by atoms with van der Waals surface area (Å²) in [5, 5.41) is 15.4. The van der Waals surface area contributed by atoms with Crippen LogP contribution < -0.4 is 15.5 Å². The maximum atomic E-state index is 13.0. The molecule has 0 radical (unpaired) electrons. The smallest absolute Gasteiger partial charge is 0.434 e. The Kier molecular flexibility index (Phi) is 6.77. The Labute approximate surface area is 196 Å². The van der Waals surface area contributed by atoms with Crippen LogP contribution in [0.5, 0.6) is 0 Å². The van der Waals surface area contributed by atoms with Crippen LogP contribution in [0.3, 0.4) is 0 Å². The Hall–Kier alpha value is -3.74. The zero-order chi connectivity index (χ0) is 25.3. The maximum Gasteiger partial charge on any atom is 0.434 e. The van der Waals surface area contributed by atoms with E-state index in [9.17, 15) is 27.9 Å². The van der Waals surface area contributed by atoms with E-state index in [1.165, 1.54) is 11.0 Å². The highest BCUT2D eigenvalue weighted by molar-refractivity contribution is 7.10. The predicted octanol–water partition coefficient (Wildman–Crippen LogP) is 5.54. The minimum Gasteiger partial charge on any atom is -0.465 e. The lowest BCUT2D eigenvalue weighted by Crippen LogP contribution is -2.45. The van der Waals surface area contributed by atoms with Crippen LogP contribution in [0.25, 0.3) is 0 Å². The molecule has 0 atom stereocenters. The monoisotopic (exact) mass is 494 g/mol. The summed E-state index contributed by atoms with van der Waals surface area (Å²) in [4.78, 5) is 33.0. The first-order chi connectivity index (χ1) is 15.8. The van der Waals surface area contributed by atoms with Gasteiger partial charge in [-0.1, -0.05) is 6.07 Å². The molecule has 9 nitrogen and oxygen atoms in total. The quantitative estimate of drug-likeness (QED) is 0.426. The van der Waals surface area contributed by atoms with Crippen molar-refractivity contribution < 1.29 is 27.9 Å². The number of alkyl halides is 3. The van der Waals surface area contributed by atoms with Crippen molar-refractivity contribution in [3.05, 3.63) is 53.6 Å². The standard InChI is InChI=1S/C21H21F3N6O3S/c1-11-16(18(34-29-11)28-15-10-25-14(9-26-15)21(22,23)24)17(31)27-12-6-5-7-13(8-12)30(19(32)33)20(2,3)4/h5-10H,1-4H3,(H,26,28)(H,27,31)(H,32,33). The van der Waals surface area contributed by atoms with Crippen LogP contribution in [0.15, 0.2) is 36.7 Å². The number of carbonyl (C=O) groups excluding carboxylic acids is 1. The maximum absolute atomic E-state index is 13.0. The van der Waals surface area contributed by atoms with Crippen molar-refractivity contribution >= 4 is 45.7 Å². The molecule has 3 aromatic rings. The fraction of sp³-hybridized carbons (Fsp3) is 0.286. The first-order valence-corrected chi connectivity index (χ1v) is 10.6. The molecule has 34 heavy (non-hydrogen) atoms. The molecule has 0 bridgehead atoms. The van der Waals surface area contributed by atoms with E-state index in [4.69, 9.17) is 0 Å². The molecule has 13 heteroatoms. The van der Waals surface area contributed by atoms with Crippen LogP contribution >= 0.6 is 11.5 Å². The molecule has 3 rings (SSSR count). The number of rotatable bonds is 5. The van der Waals surface area contributed by atoms with Gasteiger partial charge in [0.25, 0.3) is 5.91 Å². The number of anilines is 4. The van der Waals surface area contributed by atoms with Crippen molar-refractivity contribution in [3.8, 4) is 0 Å². The molecule has 0 saturated heterocycles. The number of hydrogen-bond acceptors (Lipinski definition) is 7. The molecule has 3 N–H and O–H groups in total. The van der Waals surface area contributed by atoms with Gasteiger partial charge in [-0.2, -0.15) is 17.5 Å². The molecule has 0 aliphatic rings. The highest BCUT2D eigenvalue weighted by Gasteiger charge is 2.33. The van der Waals surface area contributed by atoms with Crippen molar-refractivity contribution in [1.29, 1.82) is 0 Å². The van der Waals surface area contributed by atoms with Crippen molar-refractivity contribution in [3.63, 3.8) is 0 Å². The van der Waals surface area contributed by atoms with E-state index in [0.29, 0.717) is 23.3 Å². The minimum atomic E-state index is -4.62. The Morgan fingerprint density at radius 1 is 1.12 bits per heavy atom. The van der Waals surface area contributed by atoms with Gasteiger partial charge in [0.05, 0.1) is 23.7 Å². The number of carbonyl (C=O) groups is 2. The lowest BCUT2D eigenvalue weighted by atomic mass is 10.1. The number of aromatic nitrogens is 3. The predicted molar refractivity (Wildman–Crippen MR) is 122 cm³/mol. The summed E-state index contributed by atoms with van der Waals surface area (Å²) in [5.74, 6) is -0.529. The number of carboxylic acid groups (broad SMARTS) is 1. The molecular weight excluding hydrogens is 473 g/mol. The van der Waals surface area contributed by atoms with Gasteiger partial charge >= 0.3 is 12.3 Å². The van der Waals surface area contributed by atoms with Gasteiger partial charge in [0.2, 0.25) is 0 Å². The van der Waals surface area contributed by atoms with Crippen LogP contribution in [0.1, 0.15) is 42.5 Å². The fourth-order valence-corrected chi connectivity index (χ4v) is 3.88. The van der Waals surface area contributed by atoms with Gasteiger partial charge in [-0.05, 0) is 57.4 Å². The van der Waals surface area contributed by atoms with E-state index in [0.717, 1.165) is 17.7 Å². The minimum absolute atomic E-state index is 0.00924. The number of nitrogens with one attached hydrogen (secondary N) is 2. The Balaban J connectivity index is 1.83. The summed E-state index contributed by atoms with van der Waals surface area (Å²) < 4.78 is 42.2. The van der Waals surface area contributed by atoms with Gasteiger partial charge < -0.3 is 15.7 Å². The number of aryl methyl sites for hydroxylation is 1. The zero-order valence-electron chi connectivity index (χ0n) is 18.6. The largest absolute Gasteiger partial charge is 0.465 e. The summed E-state index contributed by atoms with van der Waals surface area (Å²) in [6.07, 6.45) is -4.26. The molecular formula is C21H21F3N6O3S. The number of amides is 2. The van der Waals surface area contributed by atoms with Gasteiger partial charge in [-0.15, -0.1) is 0 Å². The zero-order valence-corrected chi connectivity index (χ0v) is 19.4. The SMILES string of the molecule is Cc1nsc(Nc2cnc(C(F)(F)F)cn2)c1C(=O)Nc1cccc(N(C(=O)O)C(C)(C)C)c1. The molecule has 0 spiro atoms. The first kappa shape index (κ1) is 24.9. The second kappa shape index (κ2) is 9.25. The Bertz CT molecular complexity index is 1210. The lowest BCUT2D eigenvalue weighted by molar-refractivity contribution is -0.141. The van der Waals surface area contributed by atoms with Gasteiger partial charge in [0, 0.05) is 16.9 Å². The third kappa shape index (κ3) is 5.60. The molecule has 2 heterocycles. The van der Waals surface area contributed by atoms with Crippen molar-refractivity contribution in [2.75, 3.05) is 15.5 Å². The summed E-state index contributed by atoms with van der Waals surface area (Å²) in [6.45, 7) is 6.84. The molecule has 2 amide bonds. The summed E-state index contributed by atoms with van der Waals surface area (Å²) >= 11 is 0.937. The van der Waals surface area contributed by atoms with Gasteiger partial charge in [0.1, 0.15) is 10.8 Å². The fourth-order valence-electron chi connectivity index (χ4n) is 3.08. The lowest BCUT2D eigenvalue weighted by Gasteiger charge is -2.33. The number of benzene rings is 1. The second-order valence-corrected chi connectivity index (χ2v) is 8.95. The molecule has 180 valence electrons. The van der Waals surface area contributed by atoms with Crippen molar-refractivity contribution in [2.24, 2.45) is 0 Å². The summed E-state index contributed by atoms with van der Waals surface area (Å²) in [7, 11) is 0.